The fraction of sp³-hybridized carbons (Fsp3) is 0.143. The summed E-state index contributed by atoms with van der Waals surface area (Å²) < 4.78 is 0. The lowest BCUT2D eigenvalue weighted by Crippen LogP contribution is -2.46. The van der Waals surface area contributed by atoms with Gasteiger partial charge < -0.3 is 14.7 Å². The van der Waals surface area contributed by atoms with E-state index < -0.39 is 7.92 Å². The van der Waals surface area contributed by atoms with Crippen LogP contribution in [-0.2, 0) is 0 Å². The molecule has 0 saturated heterocycles. The van der Waals surface area contributed by atoms with E-state index in [4.69, 9.17) is 0 Å². The van der Waals surface area contributed by atoms with Gasteiger partial charge in [0.25, 0.3) is 0 Å². The van der Waals surface area contributed by atoms with Gasteiger partial charge in [0.15, 0.2) is 0 Å². The Kier molecular flexibility index (Phi) is 5.86. The Morgan fingerprint density at radius 3 is 1.11 bits per heavy atom. The molecule has 0 fully saturated rings. The normalized spacial score (nSPS) is 14.1. The SMILES string of the molecule is Cc1ccc(N2c3cc(C)cc4c3P3c5c2ccc(C)c5N(c2ccc(C)cc2)c2c(C)ccc(c23)N4c2ccc(C)cc2)cc1. The fourth-order valence-corrected chi connectivity index (χ4v) is 10.9. The maximum absolute atomic E-state index is 2.57. The first-order valence-corrected chi connectivity index (χ1v) is 17.5. The van der Waals surface area contributed by atoms with Crippen LogP contribution in [0.15, 0.2) is 109 Å². The molecule has 9 rings (SSSR count). The van der Waals surface area contributed by atoms with E-state index in [-0.39, 0.29) is 0 Å². The number of hydrogen-bond acceptors (Lipinski definition) is 3. The molecule has 224 valence electrons. The van der Waals surface area contributed by atoms with Crippen molar-refractivity contribution in [3.63, 3.8) is 0 Å². The van der Waals surface area contributed by atoms with E-state index in [0.717, 1.165) is 0 Å². The van der Waals surface area contributed by atoms with Gasteiger partial charge in [0.2, 0.25) is 0 Å². The van der Waals surface area contributed by atoms with Gasteiger partial charge in [0, 0.05) is 40.9 Å². The van der Waals surface area contributed by atoms with E-state index in [2.05, 4.69) is 165 Å². The zero-order valence-electron chi connectivity index (χ0n) is 27.2. The summed E-state index contributed by atoms with van der Waals surface area (Å²) in [4.78, 5) is 7.65. The molecule has 0 amide bonds. The maximum Gasteiger partial charge on any atom is 0.0595 e. The van der Waals surface area contributed by atoms with E-state index in [1.165, 1.54) is 100 Å². The molecule has 0 bridgehead atoms. The van der Waals surface area contributed by atoms with Crippen molar-refractivity contribution in [2.75, 3.05) is 14.7 Å². The van der Waals surface area contributed by atoms with Gasteiger partial charge in [-0.25, -0.2) is 0 Å². The van der Waals surface area contributed by atoms with E-state index in [1.807, 2.05) is 0 Å². The lowest BCUT2D eigenvalue weighted by Gasteiger charge is -2.51. The second-order valence-electron chi connectivity index (χ2n) is 13.2. The van der Waals surface area contributed by atoms with Crippen LogP contribution in [0.4, 0.5) is 51.2 Å². The largest absolute Gasteiger partial charge is 0.309 e. The molecule has 0 saturated carbocycles. The van der Waals surface area contributed by atoms with E-state index in [0.29, 0.717) is 0 Å². The maximum atomic E-state index is 2.57. The Labute approximate surface area is 273 Å². The molecule has 0 unspecified atom stereocenters. The molecule has 0 radical (unpaired) electrons. The summed E-state index contributed by atoms with van der Waals surface area (Å²) in [6, 6.07) is 41.4. The van der Waals surface area contributed by atoms with Crippen molar-refractivity contribution in [2.24, 2.45) is 0 Å². The van der Waals surface area contributed by atoms with Crippen LogP contribution in [0, 0.1) is 41.5 Å². The van der Waals surface area contributed by atoms with E-state index >= 15 is 0 Å². The monoisotopic (exact) mass is 613 g/mol. The van der Waals surface area contributed by atoms with Gasteiger partial charge in [-0.15, -0.1) is 0 Å². The van der Waals surface area contributed by atoms with Crippen LogP contribution in [0.3, 0.4) is 0 Å². The Balaban J connectivity index is 1.46. The van der Waals surface area contributed by atoms with Crippen molar-refractivity contribution in [3.05, 3.63) is 143 Å². The van der Waals surface area contributed by atoms with Gasteiger partial charge >= 0.3 is 0 Å². The second kappa shape index (κ2) is 9.82. The summed E-state index contributed by atoms with van der Waals surface area (Å²) in [6.45, 7) is 13.3. The minimum atomic E-state index is -0.843. The summed E-state index contributed by atoms with van der Waals surface area (Å²) in [5, 5.41) is 4.36. The molecule has 3 aliphatic heterocycles. The lowest BCUT2D eigenvalue weighted by atomic mass is 10.0. The molecule has 3 nitrogen and oxygen atoms in total. The number of hydrogen-bond donors (Lipinski definition) is 0. The quantitative estimate of drug-likeness (QED) is 0.184. The number of rotatable bonds is 3. The van der Waals surface area contributed by atoms with Crippen LogP contribution in [0.1, 0.15) is 33.4 Å². The van der Waals surface area contributed by atoms with Gasteiger partial charge in [-0.1, -0.05) is 65.2 Å². The minimum absolute atomic E-state index is 0.843. The van der Waals surface area contributed by atoms with Gasteiger partial charge in [-0.2, -0.15) is 0 Å². The standard InChI is InChI=1S/C42H36N3P/c1-25-7-15-31(16-8-25)43-34-21-13-29(5)38-41(34)46-40-36(43)23-28(4)24-37(40)44(32-17-9-26(2)10-18-32)35-22-14-30(6)39(42(35)46)45(38)33-19-11-27(3)12-20-33/h7-24H,1-6H3. The number of anilines is 9. The highest BCUT2D eigenvalue weighted by Gasteiger charge is 2.48. The Bertz CT molecular complexity index is 2080. The number of aryl methyl sites for hydroxylation is 6. The predicted octanol–water partition coefficient (Wildman–Crippen LogP) is 10.6. The first-order chi connectivity index (χ1) is 22.3. The van der Waals surface area contributed by atoms with Crippen LogP contribution >= 0.6 is 7.92 Å². The summed E-state index contributed by atoms with van der Waals surface area (Å²) in [7, 11) is -0.843. The van der Waals surface area contributed by atoms with Crippen LogP contribution in [0.25, 0.3) is 0 Å². The third kappa shape index (κ3) is 3.76. The van der Waals surface area contributed by atoms with Gasteiger partial charge in [0.1, 0.15) is 0 Å². The highest BCUT2D eigenvalue weighted by molar-refractivity contribution is 7.82. The first-order valence-electron chi connectivity index (χ1n) is 16.1. The predicted molar refractivity (Wildman–Crippen MR) is 198 cm³/mol. The van der Waals surface area contributed by atoms with Crippen LogP contribution in [-0.4, -0.2) is 0 Å². The molecule has 0 spiro atoms. The Morgan fingerprint density at radius 1 is 0.348 bits per heavy atom. The topological polar surface area (TPSA) is 9.72 Å². The van der Waals surface area contributed by atoms with Crippen molar-refractivity contribution >= 4 is 75.0 Å². The summed E-state index contributed by atoms with van der Waals surface area (Å²) in [5.41, 5.74) is 19.1. The molecule has 6 aromatic carbocycles. The van der Waals surface area contributed by atoms with E-state index in [9.17, 15) is 0 Å². The molecule has 4 heteroatoms. The average Bonchev–Trinajstić information content (AvgIpc) is 3.05. The molecule has 0 aromatic heterocycles. The van der Waals surface area contributed by atoms with Gasteiger partial charge in [-0.05, 0) is 119 Å². The molecule has 3 heterocycles. The summed E-state index contributed by atoms with van der Waals surface area (Å²) in [5.74, 6) is 0. The van der Waals surface area contributed by atoms with Crippen molar-refractivity contribution < 1.29 is 0 Å². The summed E-state index contributed by atoms with van der Waals surface area (Å²) >= 11 is 0. The smallest absolute Gasteiger partial charge is 0.0595 e. The van der Waals surface area contributed by atoms with Gasteiger partial charge in [-0.3, -0.25) is 0 Å². The average molecular weight is 614 g/mol. The summed E-state index contributed by atoms with van der Waals surface area (Å²) in [6.07, 6.45) is 0. The first kappa shape index (κ1) is 27.5. The van der Waals surface area contributed by atoms with E-state index in [1.54, 1.807) is 0 Å². The molecule has 3 aliphatic rings. The third-order valence-corrected chi connectivity index (χ3v) is 12.5. The second-order valence-corrected chi connectivity index (χ2v) is 15.2. The van der Waals surface area contributed by atoms with Gasteiger partial charge in [0.05, 0.1) is 34.1 Å². The van der Waals surface area contributed by atoms with Crippen molar-refractivity contribution in [3.8, 4) is 0 Å². The fourth-order valence-electron chi connectivity index (χ4n) is 7.62. The Morgan fingerprint density at radius 2 is 0.717 bits per heavy atom. The van der Waals surface area contributed by atoms with Crippen molar-refractivity contribution in [1.29, 1.82) is 0 Å². The molecular weight excluding hydrogens is 577 g/mol. The highest BCUT2D eigenvalue weighted by Crippen LogP contribution is 2.63. The number of nitrogens with zero attached hydrogens (tertiary/aromatic N) is 3. The van der Waals surface area contributed by atoms with Crippen LogP contribution in [0.2, 0.25) is 0 Å². The zero-order valence-corrected chi connectivity index (χ0v) is 28.1. The van der Waals surface area contributed by atoms with Crippen molar-refractivity contribution in [2.45, 2.75) is 41.5 Å². The molecular formula is C42H36N3P. The lowest BCUT2D eigenvalue weighted by molar-refractivity contribution is 1.19. The Hall–Kier alpha value is -4.85. The molecule has 6 aromatic rings. The zero-order chi connectivity index (χ0) is 31.4. The van der Waals surface area contributed by atoms with Crippen molar-refractivity contribution in [1.82, 2.24) is 0 Å². The molecule has 46 heavy (non-hydrogen) atoms. The minimum Gasteiger partial charge on any atom is -0.309 e. The van der Waals surface area contributed by atoms with Crippen LogP contribution < -0.4 is 30.6 Å². The molecule has 0 atom stereocenters. The van der Waals surface area contributed by atoms with Crippen LogP contribution in [0.5, 0.6) is 0 Å². The highest BCUT2D eigenvalue weighted by atomic mass is 31.1. The molecule has 0 N–H and O–H groups in total. The molecule has 0 aliphatic carbocycles. The number of benzene rings is 6. The third-order valence-electron chi connectivity index (χ3n) is 9.84.